The molecule has 5 heterocycles. The van der Waals surface area contributed by atoms with Crippen LogP contribution in [0.1, 0.15) is 72.7 Å². The number of rotatable bonds is 6. The summed E-state index contributed by atoms with van der Waals surface area (Å²) < 4.78 is 2.51. The number of benzene rings is 3. The molecule has 3 aliphatic rings. The highest BCUT2D eigenvalue weighted by Crippen LogP contribution is 2.45. The number of likely N-dealkylation sites (tertiary alicyclic amines) is 1. The van der Waals surface area contributed by atoms with Crippen LogP contribution in [0.15, 0.2) is 77.6 Å². The van der Waals surface area contributed by atoms with Gasteiger partial charge in [-0.2, -0.15) is 0 Å². The quantitative estimate of drug-likeness (QED) is 0.257. The highest BCUT2D eigenvalue weighted by Gasteiger charge is 2.44. The van der Waals surface area contributed by atoms with E-state index in [9.17, 15) is 9.59 Å². The van der Waals surface area contributed by atoms with Gasteiger partial charge in [0.2, 0.25) is 0 Å². The van der Waals surface area contributed by atoms with Crippen molar-refractivity contribution < 1.29 is 4.79 Å². The SMILES string of the molecule is Cc1nc2ccccc2n1[C@H]1C[C@H]2CC[C@@H](C1)N2CCC1(c2ccccc2)CCN(C(=O)c2cccc3[nH]c(=O)[nH]c23)CC1. The molecule has 8 rings (SSSR count). The lowest BCUT2D eigenvalue weighted by Gasteiger charge is -2.45. The van der Waals surface area contributed by atoms with E-state index in [-0.39, 0.29) is 17.0 Å². The van der Waals surface area contributed by atoms with Crippen LogP contribution in [0.5, 0.6) is 0 Å². The Morgan fingerprint density at radius 3 is 2.39 bits per heavy atom. The summed E-state index contributed by atoms with van der Waals surface area (Å²) in [4.78, 5) is 40.9. The molecule has 3 aromatic carbocycles. The third-order valence-corrected chi connectivity index (χ3v) is 11.0. The second-order valence-corrected chi connectivity index (χ2v) is 13.3. The van der Waals surface area contributed by atoms with Gasteiger partial charge in [0.05, 0.1) is 27.6 Å². The van der Waals surface area contributed by atoms with Gasteiger partial charge in [-0.25, -0.2) is 9.78 Å². The summed E-state index contributed by atoms with van der Waals surface area (Å²) in [5, 5.41) is 0. The molecule has 3 fully saturated rings. The van der Waals surface area contributed by atoms with Gasteiger partial charge in [-0.05, 0) is 93.7 Å². The summed E-state index contributed by atoms with van der Waals surface area (Å²) in [7, 11) is 0. The topological polar surface area (TPSA) is 90.0 Å². The highest BCUT2D eigenvalue weighted by molar-refractivity contribution is 6.04. The number of carbonyl (C=O) groups excluding carboxylic acids is 1. The Balaban J connectivity index is 0.992. The van der Waals surface area contributed by atoms with Crippen molar-refractivity contribution in [2.45, 2.75) is 75.4 Å². The van der Waals surface area contributed by atoms with Crippen LogP contribution < -0.4 is 5.69 Å². The van der Waals surface area contributed by atoms with Gasteiger partial charge < -0.3 is 19.4 Å². The van der Waals surface area contributed by atoms with E-state index in [1.54, 1.807) is 0 Å². The number of aryl methyl sites for hydroxylation is 1. The summed E-state index contributed by atoms with van der Waals surface area (Å²) in [6, 6.07) is 26.8. The number of nitrogens with zero attached hydrogens (tertiary/aromatic N) is 4. The molecule has 8 heteroatoms. The standard InChI is InChI=1S/C36H40N6O2/c1-24-37-30-11-5-6-13-32(30)42(24)28-22-26-14-15-27(23-28)41(26)21-18-36(25-8-3-2-4-9-25)16-19-40(20-17-36)34(43)29-10-7-12-31-33(29)39-35(44)38-31/h2-13,26-28H,14-23H2,1H3,(H2,38,39,44)/t26-,27+,28+. The third-order valence-electron chi connectivity index (χ3n) is 11.0. The molecule has 3 aliphatic heterocycles. The van der Waals surface area contributed by atoms with E-state index in [0.29, 0.717) is 47.8 Å². The Morgan fingerprint density at radius 1 is 0.886 bits per heavy atom. The monoisotopic (exact) mass is 588 g/mol. The Morgan fingerprint density at radius 2 is 1.61 bits per heavy atom. The minimum atomic E-state index is -0.284. The van der Waals surface area contributed by atoms with Gasteiger partial charge in [0.1, 0.15) is 5.82 Å². The zero-order chi connectivity index (χ0) is 29.8. The van der Waals surface area contributed by atoms with Crippen molar-refractivity contribution in [2.24, 2.45) is 0 Å². The van der Waals surface area contributed by atoms with Crippen LogP contribution in [0, 0.1) is 6.92 Å². The van der Waals surface area contributed by atoms with E-state index >= 15 is 0 Å². The number of nitrogens with one attached hydrogen (secondary N) is 2. The zero-order valence-corrected chi connectivity index (χ0v) is 25.3. The average Bonchev–Trinajstić information content (AvgIpc) is 3.68. The molecular weight excluding hydrogens is 548 g/mol. The Bertz CT molecular complexity index is 1870. The van der Waals surface area contributed by atoms with Gasteiger partial charge in [0, 0.05) is 31.2 Å². The summed E-state index contributed by atoms with van der Waals surface area (Å²) in [5.74, 6) is 1.13. The van der Waals surface area contributed by atoms with Crippen LogP contribution >= 0.6 is 0 Å². The van der Waals surface area contributed by atoms with Crippen LogP contribution in [0.25, 0.3) is 22.1 Å². The molecule has 1 amide bonds. The molecule has 0 unspecified atom stereocenters. The molecule has 2 N–H and O–H groups in total. The lowest BCUT2D eigenvalue weighted by molar-refractivity contribution is 0.0608. The van der Waals surface area contributed by atoms with Crippen molar-refractivity contribution in [2.75, 3.05) is 19.6 Å². The minimum absolute atomic E-state index is 0.00468. The molecule has 3 saturated heterocycles. The summed E-state index contributed by atoms with van der Waals surface area (Å²) in [6.45, 7) is 4.67. The maximum Gasteiger partial charge on any atom is 0.323 e. The predicted molar refractivity (Wildman–Crippen MR) is 173 cm³/mol. The van der Waals surface area contributed by atoms with Crippen LogP contribution in [0.3, 0.4) is 0 Å². The number of imidazole rings is 2. The van der Waals surface area contributed by atoms with E-state index in [1.807, 2.05) is 23.1 Å². The lowest BCUT2D eigenvalue weighted by Crippen LogP contribution is -2.49. The number of hydrogen-bond acceptors (Lipinski definition) is 4. The molecule has 5 aromatic rings. The normalized spacial score (nSPS) is 23.5. The van der Waals surface area contributed by atoms with Crippen LogP contribution in [0.2, 0.25) is 0 Å². The number of aromatic amines is 2. The van der Waals surface area contributed by atoms with Crippen LogP contribution in [0.4, 0.5) is 0 Å². The number of H-pyrrole nitrogens is 2. The smallest absolute Gasteiger partial charge is 0.323 e. The van der Waals surface area contributed by atoms with Crippen LogP contribution in [-0.4, -0.2) is 66.9 Å². The Hall–Kier alpha value is -4.17. The van der Waals surface area contributed by atoms with Gasteiger partial charge >= 0.3 is 5.69 Å². The first-order valence-corrected chi connectivity index (χ1v) is 16.2. The molecule has 0 radical (unpaired) electrons. The molecule has 2 bridgehead atoms. The average molecular weight is 589 g/mol. The first-order chi connectivity index (χ1) is 21.5. The summed E-state index contributed by atoms with van der Waals surface area (Å²) in [5.41, 5.74) is 5.36. The van der Waals surface area contributed by atoms with Crippen molar-refractivity contribution in [1.82, 2.24) is 29.3 Å². The molecule has 44 heavy (non-hydrogen) atoms. The fourth-order valence-corrected chi connectivity index (χ4v) is 8.81. The molecule has 2 aromatic heterocycles. The number of amides is 1. The first kappa shape index (κ1) is 27.4. The van der Waals surface area contributed by atoms with Crippen molar-refractivity contribution in [3.8, 4) is 0 Å². The number of hydrogen-bond donors (Lipinski definition) is 2. The van der Waals surface area contributed by atoms with Gasteiger partial charge in [-0.3, -0.25) is 9.69 Å². The molecule has 3 atom stereocenters. The third kappa shape index (κ3) is 4.58. The number of piperidine rings is 2. The largest absolute Gasteiger partial charge is 0.339 e. The maximum absolute atomic E-state index is 13.7. The molecule has 226 valence electrons. The second-order valence-electron chi connectivity index (χ2n) is 13.3. The summed E-state index contributed by atoms with van der Waals surface area (Å²) >= 11 is 0. The van der Waals surface area contributed by atoms with Crippen molar-refractivity contribution in [3.05, 3.63) is 100 Å². The Labute approximate surface area is 257 Å². The van der Waals surface area contributed by atoms with E-state index in [4.69, 9.17) is 4.98 Å². The highest BCUT2D eigenvalue weighted by atomic mass is 16.2. The minimum Gasteiger partial charge on any atom is -0.339 e. The maximum atomic E-state index is 13.7. The fraction of sp³-hybridized carbons (Fsp3) is 0.417. The van der Waals surface area contributed by atoms with E-state index in [1.165, 1.54) is 36.8 Å². The molecular formula is C36H40N6O2. The number of para-hydroxylation sites is 3. The zero-order valence-electron chi connectivity index (χ0n) is 25.3. The number of fused-ring (bicyclic) bond motifs is 4. The van der Waals surface area contributed by atoms with Crippen molar-refractivity contribution >= 4 is 28.0 Å². The van der Waals surface area contributed by atoms with E-state index in [2.05, 4.69) is 81.0 Å². The molecule has 0 spiro atoms. The molecule has 0 aliphatic carbocycles. The second kappa shape index (κ2) is 10.8. The number of carbonyl (C=O) groups is 1. The Kier molecular flexibility index (Phi) is 6.70. The van der Waals surface area contributed by atoms with Gasteiger partial charge in [0.25, 0.3) is 5.91 Å². The van der Waals surface area contributed by atoms with E-state index < -0.39 is 0 Å². The van der Waals surface area contributed by atoms with Crippen molar-refractivity contribution in [3.63, 3.8) is 0 Å². The lowest BCUT2D eigenvalue weighted by atomic mass is 9.70. The molecule has 8 nitrogen and oxygen atoms in total. The van der Waals surface area contributed by atoms with Gasteiger partial charge in [-0.1, -0.05) is 48.5 Å². The molecule has 0 saturated carbocycles. The number of aromatic nitrogens is 4. The van der Waals surface area contributed by atoms with Crippen LogP contribution in [-0.2, 0) is 5.41 Å². The van der Waals surface area contributed by atoms with Gasteiger partial charge in [-0.15, -0.1) is 0 Å². The predicted octanol–water partition coefficient (Wildman–Crippen LogP) is 5.95. The fourth-order valence-electron chi connectivity index (χ4n) is 8.81. The summed E-state index contributed by atoms with van der Waals surface area (Å²) in [6.07, 6.45) is 7.91. The van der Waals surface area contributed by atoms with Gasteiger partial charge in [0.15, 0.2) is 0 Å². The van der Waals surface area contributed by atoms with Crippen molar-refractivity contribution in [1.29, 1.82) is 0 Å². The first-order valence-electron chi connectivity index (χ1n) is 16.2. The van der Waals surface area contributed by atoms with E-state index in [0.717, 1.165) is 37.1 Å².